The van der Waals surface area contributed by atoms with Crippen LogP contribution in [0.4, 0.5) is 0 Å². The van der Waals surface area contributed by atoms with Gasteiger partial charge in [0.05, 0.1) is 25.3 Å². The topological polar surface area (TPSA) is 322 Å². The number of aliphatic hydroxyl groups is 1. The molecule has 0 spiro atoms. The van der Waals surface area contributed by atoms with Gasteiger partial charge in [-0.3, -0.25) is 33.3 Å². The molecule has 0 radical (unpaired) electrons. The van der Waals surface area contributed by atoms with Gasteiger partial charge in [0, 0.05) is 50.0 Å². The molecule has 3 heterocycles. The van der Waals surface area contributed by atoms with Crippen molar-refractivity contribution in [1.29, 1.82) is 0 Å². The number of aliphatic hydroxyl groups excluding tert-OH is 1. The SMILES string of the molecule is CC(=O)N1CCC[C@H]1C(=O)N[C@@H](CC(C)C)C(=O)N[C@@H](Cc1cncn1CCCCCCO/N=C\c1ccc2[nH]ccc2c1)C(=O)N[C@@H](CO)C(=O)N[C@H](C(N)=O)[C@@H](C)OP(=O)(O)O. The zero-order chi connectivity index (χ0) is 47.0. The molecule has 23 heteroatoms. The van der Waals surface area contributed by atoms with Crippen molar-refractivity contribution in [3.8, 4) is 0 Å². The van der Waals surface area contributed by atoms with E-state index in [0.717, 1.165) is 49.1 Å². The molecule has 64 heavy (non-hydrogen) atoms. The Hall–Kier alpha value is -5.67. The molecule has 4 rings (SSSR count). The first-order valence-electron chi connectivity index (χ1n) is 21.2. The number of aromatic nitrogens is 3. The van der Waals surface area contributed by atoms with Gasteiger partial charge in [-0.1, -0.05) is 31.5 Å². The van der Waals surface area contributed by atoms with Crippen LogP contribution >= 0.6 is 7.82 Å². The minimum atomic E-state index is -5.12. The third kappa shape index (κ3) is 15.8. The van der Waals surface area contributed by atoms with Gasteiger partial charge in [0.25, 0.3) is 0 Å². The summed E-state index contributed by atoms with van der Waals surface area (Å²) in [5, 5.41) is 25.3. The van der Waals surface area contributed by atoms with Crippen LogP contribution in [0.2, 0.25) is 0 Å². The van der Waals surface area contributed by atoms with Crippen LogP contribution in [-0.4, -0.2) is 132 Å². The number of amides is 6. The van der Waals surface area contributed by atoms with Gasteiger partial charge >= 0.3 is 7.82 Å². The number of aromatic amines is 1. The van der Waals surface area contributed by atoms with Crippen molar-refractivity contribution in [2.24, 2.45) is 16.8 Å². The fourth-order valence-corrected chi connectivity index (χ4v) is 7.87. The van der Waals surface area contributed by atoms with Gasteiger partial charge in [0.15, 0.2) is 0 Å². The molecule has 1 aromatic carbocycles. The Kier molecular flexibility index (Phi) is 19.4. The largest absolute Gasteiger partial charge is 0.469 e. The maximum atomic E-state index is 14.0. The molecule has 22 nitrogen and oxygen atoms in total. The number of hydrogen-bond donors (Lipinski definition) is 9. The summed E-state index contributed by atoms with van der Waals surface area (Å²) in [5.74, 6) is -4.93. The first kappa shape index (κ1) is 51.0. The van der Waals surface area contributed by atoms with Crippen LogP contribution in [0.15, 0.2) is 48.1 Å². The van der Waals surface area contributed by atoms with E-state index in [1.54, 1.807) is 12.5 Å². The Balaban J connectivity index is 1.43. The molecule has 6 atom stereocenters. The highest BCUT2D eigenvalue weighted by atomic mass is 31.2. The van der Waals surface area contributed by atoms with E-state index in [1.807, 2.05) is 48.9 Å². The molecule has 1 aliphatic heterocycles. The fraction of sp³-hybridized carbons (Fsp3) is 0.561. The Morgan fingerprint density at radius 1 is 0.984 bits per heavy atom. The summed E-state index contributed by atoms with van der Waals surface area (Å²) in [4.78, 5) is 112. The van der Waals surface area contributed by atoms with E-state index in [2.05, 4.69) is 40.9 Å². The van der Waals surface area contributed by atoms with Crippen LogP contribution in [0.5, 0.6) is 0 Å². The van der Waals surface area contributed by atoms with Gasteiger partial charge in [0.2, 0.25) is 35.4 Å². The molecule has 2 aromatic heterocycles. The van der Waals surface area contributed by atoms with Crippen molar-refractivity contribution in [2.45, 2.75) is 122 Å². The third-order valence-electron chi connectivity index (χ3n) is 10.6. The standard InChI is InChI=1S/C41H61N10O12P/c1-25(2)18-32(47-41(58)35-10-9-16-51(35)27(4)53)38(55)46-33(39(56)48-34(23-52)40(57)49-36(37(42)54)26(3)63-64(59,60)61)20-30-22-43-24-50(30)15-7-5-6-8-17-62-45-21-28-11-12-31-29(19-28)13-14-44-31/h11-14,19,21-22,24-26,32-36,44,52H,5-10,15-18,20,23H2,1-4H3,(H2,42,54)(H,46,55)(H,47,58)(H,48,56)(H,49,57)(H2,59,60,61)/b45-21-/t26-,32+,33+,34+,35+,36+/m1/s1. The summed E-state index contributed by atoms with van der Waals surface area (Å²) in [6.07, 6.45) is 9.21. The van der Waals surface area contributed by atoms with E-state index in [4.69, 9.17) is 10.6 Å². The molecule has 10 N–H and O–H groups in total. The van der Waals surface area contributed by atoms with Crippen molar-refractivity contribution in [1.82, 2.24) is 40.7 Å². The Morgan fingerprint density at radius 3 is 2.38 bits per heavy atom. The number of aryl methyl sites for hydroxylation is 1. The highest BCUT2D eigenvalue weighted by Gasteiger charge is 2.37. The molecule has 0 bridgehead atoms. The number of nitrogens with two attached hydrogens (primary N) is 1. The molecule has 0 saturated carbocycles. The average molecular weight is 917 g/mol. The molecule has 1 saturated heterocycles. The summed E-state index contributed by atoms with van der Waals surface area (Å²) < 4.78 is 17.7. The summed E-state index contributed by atoms with van der Waals surface area (Å²) >= 11 is 0. The van der Waals surface area contributed by atoms with Crippen molar-refractivity contribution in [3.05, 3.63) is 54.2 Å². The molecule has 1 aliphatic rings. The lowest BCUT2D eigenvalue weighted by Crippen LogP contribution is -2.61. The van der Waals surface area contributed by atoms with Crippen LogP contribution in [0.3, 0.4) is 0 Å². The average Bonchev–Trinajstić information content (AvgIpc) is 4.01. The van der Waals surface area contributed by atoms with E-state index in [9.17, 15) is 48.2 Å². The highest BCUT2D eigenvalue weighted by Crippen LogP contribution is 2.38. The minimum Gasteiger partial charge on any atom is -0.396 e. The third-order valence-corrected chi connectivity index (χ3v) is 11.2. The Labute approximate surface area is 370 Å². The Bertz CT molecular complexity index is 2140. The molecule has 0 unspecified atom stereocenters. The number of likely N-dealkylation sites (tertiary alicyclic amines) is 1. The van der Waals surface area contributed by atoms with Crippen LogP contribution in [-0.2, 0) is 55.7 Å². The van der Waals surface area contributed by atoms with Gasteiger partial charge in [-0.15, -0.1) is 0 Å². The number of carbonyl (C=O) groups is 6. The lowest BCUT2D eigenvalue weighted by Gasteiger charge is -2.28. The highest BCUT2D eigenvalue weighted by molar-refractivity contribution is 7.46. The van der Waals surface area contributed by atoms with E-state index in [-0.39, 0.29) is 24.7 Å². The van der Waals surface area contributed by atoms with Gasteiger partial charge < -0.3 is 61.2 Å². The molecule has 0 aliphatic carbocycles. The van der Waals surface area contributed by atoms with Crippen LogP contribution in [0, 0.1) is 5.92 Å². The number of carbonyl (C=O) groups excluding carboxylic acids is 6. The van der Waals surface area contributed by atoms with E-state index in [0.29, 0.717) is 38.2 Å². The van der Waals surface area contributed by atoms with Crippen LogP contribution < -0.4 is 27.0 Å². The second kappa shape index (κ2) is 24.4. The number of fused-ring (bicyclic) bond motifs is 1. The Morgan fingerprint density at radius 2 is 1.69 bits per heavy atom. The van der Waals surface area contributed by atoms with Crippen molar-refractivity contribution >= 4 is 60.4 Å². The molecule has 3 aromatic rings. The van der Waals surface area contributed by atoms with Crippen molar-refractivity contribution < 1.29 is 57.6 Å². The quantitative estimate of drug-likeness (QED) is 0.0230. The second-order valence-corrected chi connectivity index (χ2v) is 17.3. The van der Waals surface area contributed by atoms with E-state index < -0.39 is 80.3 Å². The summed E-state index contributed by atoms with van der Waals surface area (Å²) in [6, 6.07) is 1.06. The second-order valence-electron chi connectivity index (χ2n) is 16.1. The molecule has 1 fully saturated rings. The van der Waals surface area contributed by atoms with Gasteiger partial charge in [-0.05, 0) is 80.5 Å². The van der Waals surface area contributed by atoms with Crippen LogP contribution in [0.25, 0.3) is 10.9 Å². The molecular formula is C41H61N10O12P. The number of benzene rings is 1. The normalized spacial score (nSPS) is 16.6. The number of hydrogen-bond acceptors (Lipinski definition) is 12. The smallest absolute Gasteiger partial charge is 0.396 e. The van der Waals surface area contributed by atoms with E-state index in [1.165, 1.54) is 18.0 Å². The maximum Gasteiger partial charge on any atom is 0.469 e. The molecule has 352 valence electrons. The number of phosphoric acid groups is 1. The number of unbranched alkanes of at least 4 members (excludes halogenated alkanes) is 3. The summed E-state index contributed by atoms with van der Waals surface area (Å²) in [6.45, 7) is 6.45. The van der Waals surface area contributed by atoms with E-state index >= 15 is 0 Å². The van der Waals surface area contributed by atoms with Gasteiger partial charge in [0.1, 0.15) is 36.8 Å². The zero-order valence-corrected chi connectivity index (χ0v) is 37.4. The van der Waals surface area contributed by atoms with Gasteiger partial charge in [-0.25, -0.2) is 9.55 Å². The fourth-order valence-electron chi connectivity index (χ4n) is 7.32. The summed E-state index contributed by atoms with van der Waals surface area (Å²) in [5.41, 5.74) is 7.84. The number of rotatable bonds is 26. The van der Waals surface area contributed by atoms with Crippen molar-refractivity contribution in [3.63, 3.8) is 0 Å². The number of H-pyrrole nitrogens is 1. The number of imidazole rings is 1. The predicted molar refractivity (Wildman–Crippen MR) is 233 cm³/mol. The number of primary amides is 1. The van der Waals surface area contributed by atoms with Gasteiger partial charge in [-0.2, -0.15) is 0 Å². The minimum absolute atomic E-state index is 0.0974. The lowest BCUT2D eigenvalue weighted by molar-refractivity contribution is -0.139. The molecular weight excluding hydrogens is 855 g/mol. The monoisotopic (exact) mass is 916 g/mol. The van der Waals surface area contributed by atoms with Crippen LogP contribution in [0.1, 0.15) is 83.9 Å². The molecule has 6 amide bonds. The zero-order valence-electron chi connectivity index (χ0n) is 36.5. The number of nitrogens with one attached hydrogen (secondary N) is 5. The maximum absolute atomic E-state index is 14.0. The first-order valence-corrected chi connectivity index (χ1v) is 22.7. The predicted octanol–water partition coefficient (Wildman–Crippen LogP) is 0.490. The number of phosphoric ester groups is 1. The number of oxime groups is 1. The van der Waals surface area contributed by atoms with Crippen molar-refractivity contribution in [2.75, 3.05) is 19.8 Å². The lowest BCUT2D eigenvalue weighted by atomic mass is 10.0. The number of nitrogens with zero attached hydrogens (tertiary/aromatic N) is 4. The first-order chi connectivity index (χ1) is 30.4. The summed E-state index contributed by atoms with van der Waals surface area (Å²) in [7, 11) is -5.12.